The Morgan fingerprint density at radius 3 is 2.43 bits per heavy atom. The van der Waals surface area contributed by atoms with Gasteiger partial charge < -0.3 is 15.0 Å². The second-order valence-corrected chi connectivity index (χ2v) is 6.51. The van der Waals surface area contributed by atoms with Crippen molar-refractivity contribution in [3.63, 3.8) is 0 Å². The van der Waals surface area contributed by atoms with Crippen molar-refractivity contribution < 1.29 is 9.53 Å². The number of carbonyl (C=O) groups is 1. The summed E-state index contributed by atoms with van der Waals surface area (Å²) < 4.78 is 5.27. The number of halogens is 1. The summed E-state index contributed by atoms with van der Waals surface area (Å²) in [6, 6.07) is 7.29. The third kappa shape index (κ3) is 6.78. The fourth-order valence-corrected chi connectivity index (χ4v) is 1.84. The first kappa shape index (κ1) is 17.7. The highest BCUT2D eigenvalue weighted by molar-refractivity contribution is 7.80. The molecule has 0 aromatic heterocycles. The average molecular weight is 329 g/mol. The largest absolute Gasteiger partial charge is 0.444 e. The van der Waals surface area contributed by atoms with Crippen LogP contribution in [0.1, 0.15) is 26.3 Å². The molecule has 0 spiro atoms. The molecule has 0 unspecified atom stereocenters. The number of amides is 1. The molecule has 0 fully saturated rings. The third-order valence-corrected chi connectivity index (χ3v) is 3.18. The third-order valence-electron chi connectivity index (χ3n) is 2.54. The molecule has 0 aliphatic heterocycles. The second kappa shape index (κ2) is 7.61. The van der Waals surface area contributed by atoms with Crippen LogP contribution < -0.4 is 5.32 Å². The first-order valence-corrected chi connectivity index (χ1v) is 7.45. The van der Waals surface area contributed by atoms with Crippen molar-refractivity contribution in [1.29, 1.82) is 0 Å². The van der Waals surface area contributed by atoms with E-state index in [0.29, 0.717) is 23.1 Å². The zero-order valence-corrected chi connectivity index (χ0v) is 14.3. The Labute approximate surface area is 136 Å². The predicted octanol–water partition coefficient (Wildman–Crippen LogP) is 3.47. The maximum atomic E-state index is 11.8. The lowest BCUT2D eigenvalue weighted by Gasteiger charge is -2.24. The van der Waals surface area contributed by atoms with Gasteiger partial charge in [0.1, 0.15) is 10.6 Å². The molecule has 116 valence electrons. The van der Waals surface area contributed by atoms with Crippen molar-refractivity contribution in [2.45, 2.75) is 26.4 Å². The zero-order valence-electron chi connectivity index (χ0n) is 12.8. The Hall–Kier alpha value is -1.33. The minimum Gasteiger partial charge on any atom is -0.444 e. The Bertz CT molecular complexity index is 497. The molecule has 0 saturated heterocycles. The van der Waals surface area contributed by atoms with Crippen LogP contribution in [0.3, 0.4) is 0 Å². The van der Waals surface area contributed by atoms with Crippen molar-refractivity contribution >= 4 is 34.9 Å². The van der Waals surface area contributed by atoms with Crippen molar-refractivity contribution in [1.82, 2.24) is 10.2 Å². The highest BCUT2D eigenvalue weighted by Gasteiger charge is 2.19. The maximum absolute atomic E-state index is 11.8. The Morgan fingerprint density at radius 2 is 1.90 bits per heavy atom. The number of nitrogens with zero attached hydrogens (tertiary/aromatic N) is 1. The van der Waals surface area contributed by atoms with Crippen molar-refractivity contribution in [2.24, 2.45) is 0 Å². The summed E-state index contributed by atoms with van der Waals surface area (Å²) in [6.45, 7) is 6.58. The fourth-order valence-electron chi connectivity index (χ4n) is 1.47. The van der Waals surface area contributed by atoms with Gasteiger partial charge in [0.2, 0.25) is 0 Å². The van der Waals surface area contributed by atoms with Gasteiger partial charge in [0.05, 0.1) is 0 Å². The summed E-state index contributed by atoms with van der Waals surface area (Å²) >= 11 is 11.1. The summed E-state index contributed by atoms with van der Waals surface area (Å²) in [5.41, 5.74) is 0.409. The van der Waals surface area contributed by atoms with Crippen molar-refractivity contribution in [3.8, 4) is 0 Å². The van der Waals surface area contributed by atoms with Gasteiger partial charge in [0, 0.05) is 30.7 Å². The van der Waals surface area contributed by atoms with Crippen molar-refractivity contribution in [3.05, 3.63) is 34.9 Å². The highest BCUT2D eigenvalue weighted by atomic mass is 35.5. The SMILES string of the molecule is CN(CCNC(=S)c1ccc(Cl)cc1)C(=O)OC(C)(C)C. The van der Waals surface area contributed by atoms with E-state index < -0.39 is 5.60 Å². The first-order valence-electron chi connectivity index (χ1n) is 6.67. The molecule has 4 nitrogen and oxygen atoms in total. The van der Waals surface area contributed by atoms with Gasteiger partial charge in [-0.05, 0) is 32.9 Å². The molecule has 0 radical (unpaired) electrons. The lowest BCUT2D eigenvalue weighted by atomic mass is 10.2. The number of likely N-dealkylation sites (N-methyl/N-ethyl adjacent to an activating group) is 1. The van der Waals surface area contributed by atoms with E-state index in [1.165, 1.54) is 4.90 Å². The summed E-state index contributed by atoms with van der Waals surface area (Å²) in [5.74, 6) is 0. The van der Waals surface area contributed by atoms with Gasteiger partial charge in [-0.15, -0.1) is 0 Å². The number of rotatable bonds is 4. The van der Waals surface area contributed by atoms with Gasteiger partial charge in [-0.2, -0.15) is 0 Å². The van der Waals surface area contributed by atoms with E-state index in [9.17, 15) is 4.79 Å². The molecule has 1 aromatic carbocycles. The number of hydrogen-bond acceptors (Lipinski definition) is 3. The normalized spacial score (nSPS) is 10.9. The van der Waals surface area contributed by atoms with E-state index in [1.807, 2.05) is 32.9 Å². The molecule has 1 N–H and O–H groups in total. The standard InChI is InChI=1S/C15H21ClN2O2S/c1-15(2,3)20-14(19)18(4)10-9-17-13(21)11-5-7-12(16)8-6-11/h5-8H,9-10H2,1-4H3,(H,17,21). The number of thiocarbonyl (C=S) groups is 1. The molecule has 1 rings (SSSR count). The monoisotopic (exact) mass is 328 g/mol. The van der Waals surface area contributed by atoms with Crippen LogP contribution in [0.2, 0.25) is 5.02 Å². The molecule has 21 heavy (non-hydrogen) atoms. The molecule has 6 heteroatoms. The van der Waals surface area contributed by atoms with Crippen LogP contribution in [-0.4, -0.2) is 41.7 Å². The van der Waals surface area contributed by atoms with Crippen LogP contribution in [0, 0.1) is 0 Å². The van der Waals surface area contributed by atoms with E-state index in [2.05, 4.69) is 5.32 Å². The molecule has 0 atom stereocenters. The highest BCUT2D eigenvalue weighted by Crippen LogP contribution is 2.10. The molecular weight excluding hydrogens is 308 g/mol. The van der Waals surface area contributed by atoms with Gasteiger partial charge >= 0.3 is 6.09 Å². The van der Waals surface area contributed by atoms with Gasteiger partial charge in [-0.3, -0.25) is 0 Å². The molecule has 0 bridgehead atoms. The summed E-state index contributed by atoms with van der Waals surface area (Å²) in [5, 5.41) is 3.78. The molecule has 1 amide bonds. The minimum absolute atomic E-state index is 0.346. The number of hydrogen-bond donors (Lipinski definition) is 1. The lowest BCUT2D eigenvalue weighted by Crippen LogP contribution is -2.39. The molecular formula is C15H21ClN2O2S. The minimum atomic E-state index is -0.489. The van der Waals surface area contributed by atoms with Gasteiger partial charge in [0.25, 0.3) is 0 Å². The quantitative estimate of drug-likeness (QED) is 0.859. The van der Waals surface area contributed by atoms with Crippen LogP contribution in [0.4, 0.5) is 4.79 Å². The van der Waals surface area contributed by atoms with E-state index in [-0.39, 0.29) is 6.09 Å². The second-order valence-electron chi connectivity index (χ2n) is 5.66. The van der Waals surface area contributed by atoms with E-state index in [1.54, 1.807) is 19.2 Å². The fraction of sp³-hybridized carbons (Fsp3) is 0.467. The van der Waals surface area contributed by atoms with Crippen LogP contribution in [0.25, 0.3) is 0 Å². The van der Waals surface area contributed by atoms with Crippen LogP contribution in [0.15, 0.2) is 24.3 Å². The summed E-state index contributed by atoms with van der Waals surface area (Å²) in [4.78, 5) is 13.9. The van der Waals surface area contributed by atoms with E-state index >= 15 is 0 Å². The maximum Gasteiger partial charge on any atom is 0.410 e. The summed E-state index contributed by atoms with van der Waals surface area (Å²) in [6.07, 6.45) is -0.346. The Balaban J connectivity index is 2.37. The van der Waals surface area contributed by atoms with Crippen LogP contribution in [-0.2, 0) is 4.74 Å². The molecule has 1 aromatic rings. The molecule has 0 aliphatic carbocycles. The number of carbonyl (C=O) groups excluding carboxylic acids is 1. The Kier molecular flexibility index (Phi) is 6.42. The average Bonchev–Trinajstić information content (AvgIpc) is 2.37. The van der Waals surface area contributed by atoms with Crippen molar-refractivity contribution in [2.75, 3.05) is 20.1 Å². The lowest BCUT2D eigenvalue weighted by molar-refractivity contribution is 0.0302. The predicted molar refractivity (Wildman–Crippen MR) is 90.0 cm³/mol. The van der Waals surface area contributed by atoms with E-state index in [0.717, 1.165) is 5.56 Å². The number of nitrogens with one attached hydrogen (secondary N) is 1. The van der Waals surface area contributed by atoms with Gasteiger partial charge in [-0.25, -0.2) is 4.79 Å². The summed E-state index contributed by atoms with van der Waals surface area (Å²) in [7, 11) is 1.70. The number of benzene rings is 1. The topological polar surface area (TPSA) is 41.6 Å². The van der Waals surface area contributed by atoms with Crippen LogP contribution >= 0.6 is 23.8 Å². The molecule has 0 heterocycles. The number of ether oxygens (including phenoxy) is 1. The van der Waals surface area contributed by atoms with Gasteiger partial charge in [-0.1, -0.05) is 36.0 Å². The van der Waals surface area contributed by atoms with Gasteiger partial charge in [0.15, 0.2) is 0 Å². The molecule has 0 saturated carbocycles. The molecule has 0 aliphatic rings. The smallest absolute Gasteiger partial charge is 0.410 e. The van der Waals surface area contributed by atoms with E-state index in [4.69, 9.17) is 28.6 Å². The first-order chi connectivity index (χ1) is 9.69. The Morgan fingerprint density at radius 1 is 1.33 bits per heavy atom. The van der Waals surface area contributed by atoms with Crippen LogP contribution in [0.5, 0.6) is 0 Å². The zero-order chi connectivity index (χ0) is 16.0.